The van der Waals surface area contributed by atoms with Crippen LogP contribution in [0.1, 0.15) is 47.8 Å². The molecule has 1 fully saturated rings. The molecule has 3 aromatic rings. The number of ether oxygens (including phenoxy) is 1. The minimum absolute atomic E-state index is 0.0114. The van der Waals surface area contributed by atoms with E-state index in [0.29, 0.717) is 22.3 Å². The fourth-order valence-electron chi connectivity index (χ4n) is 4.88. The van der Waals surface area contributed by atoms with Gasteiger partial charge >= 0.3 is 0 Å². The molecule has 1 aliphatic carbocycles. The summed E-state index contributed by atoms with van der Waals surface area (Å²) in [6.45, 7) is 0. The van der Waals surface area contributed by atoms with E-state index in [0.717, 1.165) is 25.7 Å². The van der Waals surface area contributed by atoms with E-state index in [1.165, 1.54) is 19.2 Å². The molecule has 0 bridgehead atoms. The molecule has 1 amide bonds. The second-order valence-electron chi connectivity index (χ2n) is 8.23. The smallest absolute Gasteiger partial charge is 0.290 e. The van der Waals surface area contributed by atoms with E-state index < -0.39 is 23.5 Å². The summed E-state index contributed by atoms with van der Waals surface area (Å²) < 4.78 is 11.1. The van der Waals surface area contributed by atoms with Gasteiger partial charge in [-0.15, -0.1) is 0 Å². The Morgan fingerprint density at radius 3 is 2.56 bits per heavy atom. The first kappa shape index (κ1) is 20.2. The molecular formula is C25H23NO6. The maximum absolute atomic E-state index is 13.6. The van der Waals surface area contributed by atoms with Gasteiger partial charge in [0.05, 0.1) is 18.7 Å². The van der Waals surface area contributed by atoms with Crippen molar-refractivity contribution in [2.75, 3.05) is 7.11 Å². The van der Waals surface area contributed by atoms with Gasteiger partial charge in [-0.1, -0.05) is 37.1 Å². The second-order valence-corrected chi connectivity index (χ2v) is 8.23. The molecular weight excluding hydrogens is 410 g/mol. The van der Waals surface area contributed by atoms with Crippen molar-refractivity contribution < 1.29 is 29.0 Å². The molecule has 5 rings (SSSR count). The van der Waals surface area contributed by atoms with Crippen molar-refractivity contribution in [3.63, 3.8) is 0 Å². The molecule has 7 heteroatoms. The molecule has 2 N–H and O–H groups in total. The lowest BCUT2D eigenvalue weighted by Crippen LogP contribution is -2.38. The van der Waals surface area contributed by atoms with Crippen LogP contribution in [0.25, 0.3) is 11.0 Å². The van der Waals surface area contributed by atoms with E-state index in [2.05, 4.69) is 0 Å². The number of phenolic OH excluding ortho intramolecular Hbond substituents is 1. The van der Waals surface area contributed by atoms with Crippen LogP contribution in [0.4, 0.5) is 0 Å². The highest BCUT2D eigenvalue weighted by molar-refractivity contribution is 6.16. The molecule has 0 radical (unpaired) electrons. The lowest BCUT2D eigenvalue weighted by molar-refractivity contribution is -0.131. The summed E-state index contributed by atoms with van der Waals surface area (Å²) >= 11 is 0. The molecule has 0 saturated heterocycles. The number of amides is 1. The molecule has 32 heavy (non-hydrogen) atoms. The number of rotatable bonds is 5. The monoisotopic (exact) mass is 433 g/mol. The van der Waals surface area contributed by atoms with Gasteiger partial charge in [0.15, 0.2) is 22.9 Å². The average molecular weight is 433 g/mol. The maximum atomic E-state index is 13.6. The van der Waals surface area contributed by atoms with Gasteiger partial charge in [0.25, 0.3) is 5.91 Å². The quantitative estimate of drug-likeness (QED) is 0.567. The Bertz CT molecular complexity index is 1250. The lowest BCUT2D eigenvalue weighted by Gasteiger charge is -2.32. The predicted molar refractivity (Wildman–Crippen MR) is 117 cm³/mol. The van der Waals surface area contributed by atoms with Crippen LogP contribution in [-0.4, -0.2) is 40.0 Å². The van der Waals surface area contributed by atoms with E-state index in [9.17, 15) is 19.8 Å². The predicted octanol–water partition coefficient (Wildman–Crippen LogP) is 4.67. The number of methoxy groups -OCH3 is 1. The summed E-state index contributed by atoms with van der Waals surface area (Å²) in [4.78, 5) is 28.3. The zero-order chi connectivity index (χ0) is 22.4. The summed E-state index contributed by atoms with van der Waals surface area (Å²) in [5.74, 6) is -1.18. The molecule has 7 nitrogen and oxygen atoms in total. The Morgan fingerprint density at radius 2 is 1.84 bits per heavy atom. The summed E-state index contributed by atoms with van der Waals surface area (Å²) in [6, 6.07) is 12.5. The number of ketones is 1. The van der Waals surface area contributed by atoms with Gasteiger partial charge in [-0.25, -0.2) is 0 Å². The van der Waals surface area contributed by atoms with Gasteiger partial charge in [-0.3, -0.25) is 9.59 Å². The van der Waals surface area contributed by atoms with E-state index in [-0.39, 0.29) is 23.1 Å². The minimum Gasteiger partial charge on any atom is -0.508 e. The van der Waals surface area contributed by atoms with Crippen molar-refractivity contribution in [2.24, 2.45) is 0 Å². The number of benzene rings is 2. The van der Waals surface area contributed by atoms with Gasteiger partial charge in [-0.05, 0) is 42.7 Å². The zero-order valence-corrected chi connectivity index (χ0v) is 17.6. The van der Waals surface area contributed by atoms with E-state index in [1.54, 1.807) is 41.3 Å². The highest BCUT2D eigenvalue weighted by atomic mass is 16.5. The van der Waals surface area contributed by atoms with Gasteiger partial charge in [-0.2, -0.15) is 0 Å². The van der Waals surface area contributed by atoms with Gasteiger partial charge in [0.1, 0.15) is 5.75 Å². The number of carbonyl (C=O) groups excluding carboxylic acids is 2. The number of furan rings is 1. The van der Waals surface area contributed by atoms with Crippen molar-refractivity contribution >= 4 is 22.7 Å². The van der Waals surface area contributed by atoms with Crippen molar-refractivity contribution in [1.29, 1.82) is 0 Å². The summed E-state index contributed by atoms with van der Waals surface area (Å²) in [6.07, 6.45) is 3.57. The molecule has 2 aliphatic rings. The minimum atomic E-state index is -0.805. The second kappa shape index (κ2) is 7.75. The van der Waals surface area contributed by atoms with E-state index in [4.69, 9.17) is 9.15 Å². The van der Waals surface area contributed by atoms with Crippen LogP contribution in [0, 0.1) is 0 Å². The summed E-state index contributed by atoms with van der Waals surface area (Å²) in [7, 11) is 1.51. The Kier molecular flexibility index (Phi) is 4.89. The van der Waals surface area contributed by atoms with Gasteiger partial charge < -0.3 is 24.3 Å². The molecule has 1 unspecified atom stereocenters. The lowest BCUT2D eigenvalue weighted by atomic mass is 9.94. The Labute approximate surface area is 184 Å². The topological polar surface area (TPSA) is 100 Å². The first-order valence-corrected chi connectivity index (χ1v) is 10.7. The third-order valence-corrected chi connectivity index (χ3v) is 6.34. The normalized spacial score (nSPS) is 19.3. The third kappa shape index (κ3) is 3.12. The van der Waals surface area contributed by atoms with Crippen LogP contribution in [0.5, 0.6) is 11.5 Å². The average Bonchev–Trinajstić information content (AvgIpc) is 3.52. The van der Waals surface area contributed by atoms with Crippen molar-refractivity contribution in [1.82, 2.24) is 4.90 Å². The summed E-state index contributed by atoms with van der Waals surface area (Å²) in [5.41, 5.74) is 0.946. The number of para-hydroxylation sites is 1. The number of Topliss-reactive ketones (excluding diaryl/α,β-unsaturated/α-hetero) is 1. The molecule has 1 saturated carbocycles. The molecule has 2 aromatic carbocycles. The largest absolute Gasteiger partial charge is 0.508 e. The Morgan fingerprint density at radius 1 is 1.09 bits per heavy atom. The van der Waals surface area contributed by atoms with Crippen LogP contribution < -0.4 is 4.74 Å². The van der Waals surface area contributed by atoms with Crippen LogP contribution >= 0.6 is 0 Å². The molecule has 164 valence electrons. The zero-order valence-electron chi connectivity index (χ0n) is 17.6. The van der Waals surface area contributed by atoms with Crippen LogP contribution in [0.3, 0.4) is 0 Å². The van der Waals surface area contributed by atoms with Crippen LogP contribution in [0.15, 0.2) is 64.3 Å². The SMILES string of the molecule is COc1cccc2cc(C(=O)C3=C(O)C(=O)N(C4CCCC4)C3c3cccc(O)c3)oc12. The van der Waals surface area contributed by atoms with Gasteiger partial charge in [0.2, 0.25) is 5.78 Å². The van der Waals surface area contributed by atoms with Crippen molar-refractivity contribution in [3.05, 3.63) is 71.2 Å². The summed E-state index contributed by atoms with van der Waals surface area (Å²) in [5, 5.41) is 21.6. The van der Waals surface area contributed by atoms with E-state index in [1.807, 2.05) is 0 Å². The molecule has 1 atom stereocenters. The highest BCUT2D eigenvalue weighted by Crippen LogP contribution is 2.44. The van der Waals surface area contributed by atoms with E-state index >= 15 is 0 Å². The fraction of sp³-hybridized carbons (Fsp3) is 0.280. The first-order valence-electron chi connectivity index (χ1n) is 10.7. The molecule has 1 aromatic heterocycles. The van der Waals surface area contributed by atoms with Crippen molar-refractivity contribution in [2.45, 2.75) is 37.8 Å². The molecule has 0 spiro atoms. The number of aliphatic hydroxyl groups excluding tert-OH is 1. The maximum Gasteiger partial charge on any atom is 0.290 e. The Hall–Kier alpha value is -3.74. The molecule has 1 aliphatic heterocycles. The first-order chi connectivity index (χ1) is 15.5. The Balaban J connectivity index is 1.63. The number of carbonyl (C=O) groups is 2. The number of aromatic hydroxyl groups is 1. The number of aliphatic hydroxyl groups is 1. The highest BCUT2D eigenvalue weighted by Gasteiger charge is 2.47. The van der Waals surface area contributed by atoms with Crippen molar-refractivity contribution in [3.8, 4) is 11.5 Å². The van der Waals surface area contributed by atoms with Gasteiger partial charge in [0, 0.05) is 11.4 Å². The number of fused-ring (bicyclic) bond motifs is 1. The molecule has 2 heterocycles. The fourth-order valence-corrected chi connectivity index (χ4v) is 4.88. The van der Waals surface area contributed by atoms with Crippen LogP contribution in [0.2, 0.25) is 0 Å². The number of phenols is 1. The number of hydrogen-bond acceptors (Lipinski definition) is 6. The third-order valence-electron chi connectivity index (χ3n) is 6.34. The van der Waals surface area contributed by atoms with Crippen LogP contribution in [-0.2, 0) is 4.79 Å². The number of nitrogens with zero attached hydrogens (tertiary/aromatic N) is 1. The standard InChI is InChI=1S/C25H23NO6/c1-31-18-11-5-7-15-13-19(32-24(15)18)22(28)20-21(14-6-4-10-17(27)12-14)26(25(30)23(20)29)16-8-2-3-9-16/h4-7,10-13,16,21,27,29H,2-3,8-9H2,1H3. The number of hydrogen-bond donors (Lipinski definition) is 2.